The molecule has 2 saturated heterocycles. The lowest BCUT2D eigenvalue weighted by Gasteiger charge is -2.29. The number of nitrogens with zero attached hydrogens (tertiary/aromatic N) is 2. The van der Waals surface area contributed by atoms with Crippen LogP contribution in [0.4, 0.5) is 0 Å². The Morgan fingerprint density at radius 1 is 1.00 bits per heavy atom. The molecule has 102 valence electrons. The molecule has 1 atom stereocenters. The lowest BCUT2D eigenvalue weighted by atomic mass is 10.1. The van der Waals surface area contributed by atoms with E-state index in [1.165, 1.54) is 58.4 Å². The molecule has 0 aliphatic carbocycles. The molecule has 2 nitrogen and oxygen atoms in total. The predicted octanol–water partition coefficient (Wildman–Crippen LogP) is 3.23. The summed E-state index contributed by atoms with van der Waals surface area (Å²) in [5.41, 5.74) is 0. The molecule has 2 aliphatic heterocycles. The third-order valence-corrected chi connectivity index (χ3v) is 4.01. The Kier molecular flexibility index (Phi) is 7.14. The summed E-state index contributed by atoms with van der Waals surface area (Å²) in [6, 6.07) is 0.747. The first-order valence-corrected chi connectivity index (χ1v) is 7.72. The summed E-state index contributed by atoms with van der Waals surface area (Å²) < 4.78 is 0. The van der Waals surface area contributed by atoms with Gasteiger partial charge in [0.2, 0.25) is 0 Å². The van der Waals surface area contributed by atoms with Gasteiger partial charge in [-0.25, -0.2) is 0 Å². The second kappa shape index (κ2) is 8.10. The largest absolute Gasteiger partial charge is 0.303 e. The summed E-state index contributed by atoms with van der Waals surface area (Å²) in [5, 5.41) is 0. The topological polar surface area (TPSA) is 6.48 Å². The second-order valence-corrected chi connectivity index (χ2v) is 5.60. The minimum Gasteiger partial charge on any atom is -0.303 e. The molecule has 2 aliphatic rings. The van der Waals surface area contributed by atoms with E-state index in [1.807, 2.05) is 13.8 Å². The van der Waals surface area contributed by atoms with Crippen LogP contribution in [0.1, 0.15) is 53.4 Å². The van der Waals surface area contributed by atoms with Crippen LogP contribution in [-0.2, 0) is 0 Å². The normalized spacial score (nSPS) is 27.0. The van der Waals surface area contributed by atoms with E-state index < -0.39 is 0 Å². The monoisotopic (exact) mass is 240 g/mol. The lowest BCUT2D eigenvalue weighted by Crippen LogP contribution is -2.36. The Bertz CT molecular complexity index is 185. The second-order valence-electron chi connectivity index (χ2n) is 5.60. The maximum absolute atomic E-state index is 2.69. The molecular weight excluding hydrogens is 208 g/mol. The molecule has 0 radical (unpaired) electrons. The molecule has 17 heavy (non-hydrogen) atoms. The maximum Gasteiger partial charge on any atom is 0.00387 e. The van der Waals surface area contributed by atoms with Crippen molar-refractivity contribution in [2.24, 2.45) is 5.92 Å². The van der Waals surface area contributed by atoms with E-state index in [0.29, 0.717) is 0 Å². The van der Waals surface area contributed by atoms with Crippen LogP contribution in [-0.4, -0.2) is 48.6 Å². The van der Waals surface area contributed by atoms with Crippen molar-refractivity contribution in [2.45, 2.75) is 59.4 Å². The first kappa shape index (κ1) is 15.0. The molecule has 0 unspecified atom stereocenters. The third kappa shape index (κ3) is 4.97. The fourth-order valence-corrected chi connectivity index (χ4v) is 2.99. The average Bonchev–Trinajstić information content (AvgIpc) is 2.82. The highest BCUT2D eigenvalue weighted by Crippen LogP contribution is 2.21. The summed E-state index contributed by atoms with van der Waals surface area (Å²) in [6.45, 7) is 15.4. The molecule has 2 rings (SSSR count). The average molecular weight is 240 g/mol. The zero-order chi connectivity index (χ0) is 12.7. The van der Waals surface area contributed by atoms with Crippen molar-refractivity contribution < 1.29 is 0 Å². The fourth-order valence-electron chi connectivity index (χ4n) is 2.99. The van der Waals surface area contributed by atoms with Crippen molar-refractivity contribution in [3.8, 4) is 0 Å². The zero-order valence-corrected chi connectivity index (χ0v) is 12.4. The van der Waals surface area contributed by atoms with Gasteiger partial charge in [-0.2, -0.15) is 0 Å². The molecule has 2 heterocycles. The van der Waals surface area contributed by atoms with Crippen LogP contribution in [0.15, 0.2) is 0 Å². The molecular formula is C15H32N2. The van der Waals surface area contributed by atoms with Gasteiger partial charge in [0, 0.05) is 19.1 Å². The molecule has 0 saturated carbocycles. The highest BCUT2D eigenvalue weighted by Gasteiger charge is 2.26. The lowest BCUT2D eigenvalue weighted by molar-refractivity contribution is 0.188. The number of hydrogen-bond acceptors (Lipinski definition) is 2. The number of likely N-dealkylation sites (tertiary alicyclic amines) is 2. The minimum absolute atomic E-state index is 0.747. The van der Waals surface area contributed by atoms with Crippen LogP contribution in [0, 0.1) is 5.92 Å². The smallest absolute Gasteiger partial charge is 0.00387 e. The molecule has 2 fully saturated rings. The Morgan fingerprint density at radius 2 is 1.65 bits per heavy atom. The van der Waals surface area contributed by atoms with Crippen LogP contribution in [0.5, 0.6) is 0 Å². The summed E-state index contributed by atoms with van der Waals surface area (Å²) >= 11 is 0. The minimum atomic E-state index is 0.747. The van der Waals surface area contributed by atoms with E-state index in [9.17, 15) is 0 Å². The predicted molar refractivity (Wildman–Crippen MR) is 76.5 cm³/mol. The molecule has 0 amide bonds. The van der Waals surface area contributed by atoms with Gasteiger partial charge < -0.3 is 9.80 Å². The van der Waals surface area contributed by atoms with Gasteiger partial charge in [-0.15, -0.1) is 0 Å². The molecule has 0 aromatic heterocycles. The van der Waals surface area contributed by atoms with Gasteiger partial charge >= 0.3 is 0 Å². The van der Waals surface area contributed by atoms with Gasteiger partial charge in [-0.3, -0.25) is 0 Å². The number of hydrogen-bond donors (Lipinski definition) is 0. The van der Waals surface area contributed by atoms with E-state index in [4.69, 9.17) is 0 Å². The van der Waals surface area contributed by atoms with Crippen molar-refractivity contribution in [3.63, 3.8) is 0 Å². The summed E-state index contributed by atoms with van der Waals surface area (Å²) in [4.78, 5) is 5.33. The maximum atomic E-state index is 2.69. The number of rotatable bonds is 3. The standard InChI is InChI=1S/C13H26N2.C2H6/c1-12(2)15-9-6-13(11-15)10-14-7-4-3-5-8-14;1-2/h12-13H,3-11H2,1-2H3;1-2H3/t13-;/m1./s1. The van der Waals surface area contributed by atoms with Crippen molar-refractivity contribution in [2.75, 3.05) is 32.7 Å². The Hall–Kier alpha value is -0.0800. The molecule has 0 aromatic carbocycles. The molecule has 0 bridgehead atoms. The van der Waals surface area contributed by atoms with Crippen molar-refractivity contribution in [1.82, 2.24) is 9.80 Å². The third-order valence-electron chi connectivity index (χ3n) is 4.01. The Balaban J connectivity index is 0.000000686. The summed E-state index contributed by atoms with van der Waals surface area (Å²) in [6.07, 6.45) is 5.75. The van der Waals surface area contributed by atoms with E-state index in [-0.39, 0.29) is 0 Å². The highest BCUT2D eigenvalue weighted by molar-refractivity contribution is 4.80. The fraction of sp³-hybridized carbons (Fsp3) is 1.00. The van der Waals surface area contributed by atoms with Crippen LogP contribution in [0.3, 0.4) is 0 Å². The quantitative estimate of drug-likeness (QED) is 0.747. The van der Waals surface area contributed by atoms with E-state index in [1.54, 1.807) is 0 Å². The SMILES string of the molecule is CC.CC(C)N1CC[C@H](CN2CCCCC2)C1. The molecule has 0 aromatic rings. The summed E-state index contributed by atoms with van der Waals surface area (Å²) in [5.74, 6) is 0.950. The first-order valence-electron chi connectivity index (χ1n) is 7.72. The van der Waals surface area contributed by atoms with Crippen LogP contribution in [0.2, 0.25) is 0 Å². The zero-order valence-electron chi connectivity index (χ0n) is 12.4. The summed E-state index contributed by atoms with van der Waals surface area (Å²) in [7, 11) is 0. The highest BCUT2D eigenvalue weighted by atomic mass is 15.2. The van der Waals surface area contributed by atoms with Crippen LogP contribution < -0.4 is 0 Å². The van der Waals surface area contributed by atoms with Gasteiger partial charge in [-0.05, 0) is 58.7 Å². The Labute approximate surface area is 108 Å². The van der Waals surface area contributed by atoms with Gasteiger partial charge in [0.1, 0.15) is 0 Å². The van der Waals surface area contributed by atoms with Crippen molar-refractivity contribution >= 4 is 0 Å². The van der Waals surface area contributed by atoms with Crippen LogP contribution in [0.25, 0.3) is 0 Å². The van der Waals surface area contributed by atoms with E-state index >= 15 is 0 Å². The van der Waals surface area contributed by atoms with Gasteiger partial charge in [-0.1, -0.05) is 20.3 Å². The van der Waals surface area contributed by atoms with Gasteiger partial charge in [0.15, 0.2) is 0 Å². The van der Waals surface area contributed by atoms with E-state index in [2.05, 4.69) is 23.6 Å². The van der Waals surface area contributed by atoms with Crippen LogP contribution >= 0.6 is 0 Å². The number of piperidine rings is 1. The molecule has 0 N–H and O–H groups in total. The van der Waals surface area contributed by atoms with Crippen molar-refractivity contribution in [3.05, 3.63) is 0 Å². The van der Waals surface area contributed by atoms with Gasteiger partial charge in [0.05, 0.1) is 0 Å². The molecule has 2 heteroatoms. The molecule has 0 spiro atoms. The van der Waals surface area contributed by atoms with E-state index in [0.717, 1.165) is 12.0 Å². The first-order chi connectivity index (χ1) is 8.25. The van der Waals surface area contributed by atoms with Gasteiger partial charge in [0.25, 0.3) is 0 Å². The van der Waals surface area contributed by atoms with Crippen molar-refractivity contribution in [1.29, 1.82) is 0 Å². The Morgan fingerprint density at radius 3 is 2.18 bits per heavy atom.